The van der Waals surface area contributed by atoms with E-state index < -0.39 is 0 Å². The lowest BCUT2D eigenvalue weighted by Crippen LogP contribution is -2.36. The van der Waals surface area contributed by atoms with Crippen molar-refractivity contribution in [3.8, 4) is 5.75 Å². The molecular formula is C21H24N6O2. The Bertz CT molecular complexity index is 946. The maximum absolute atomic E-state index is 5.66. The number of morpholine rings is 1. The molecule has 2 aromatic carbocycles. The third-order valence-electron chi connectivity index (χ3n) is 4.51. The van der Waals surface area contributed by atoms with Crippen LogP contribution < -0.4 is 20.3 Å². The van der Waals surface area contributed by atoms with E-state index in [-0.39, 0.29) is 0 Å². The Kier molecular flexibility index (Phi) is 6.01. The van der Waals surface area contributed by atoms with E-state index in [0.717, 1.165) is 49.1 Å². The van der Waals surface area contributed by atoms with Crippen LogP contribution in [0.4, 0.5) is 28.8 Å². The smallest absolute Gasteiger partial charge is 0.249 e. The highest BCUT2D eigenvalue weighted by molar-refractivity contribution is 5.74. The van der Waals surface area contributed by atoms with Crippen molar-refractivity contribution in [1.82, 2.24) is 15.2 Å². The molecule has 1 aliphatic heterocycles. The van der Waals surface area contributed by atoms with Crippen LogP contribution in [0.1, 0.15) is 6.92 Å². The Morgan fingerprint density at radius 2 is 1.76 bits per heavy atom. The van der Waals surface area contributed by atoms with E-state index in [0.29, 0.717) is 18.4 Å². The van der Waals surface area contributed by atoms with Crippen molar-refractivity contribution >= 4 is 28.8 Å². The molecule has 150 valence electrons. The number of para-hydroxylation sites is 4. The van der Waals surface area contributed by atoms with Crippen molar-refractivity contribution in [2.75, 3.05) is 48.4 Å². The lowest BCUT2D eigenvalue weighted by atomic mass is 10.2. The van der Waals surface area contributed by atoms with Crippen molar-refractivity contribution in [2.45, 2.75) is 6.92 Å². The fourth-order valence-corrected chi connectivity index (χ4v) is 3.19. The van der Waals surface area contributed by atoms with Gasteiger partial charge in [0.25, 0.3) is 0 Å². The Morgan fingerprint density at radius 1 is 1.00 bits per heavy atom. The van der Waals surface area contributed by atoms with Gasteiger partial charge in [-0.3, -0.25) is 0 Å². The van der Waals surface area contributed by atoms with Crippen LogP contribution in [0.5, 0.6) is 5.75 Å². The van der Waals surface area contributed by atoms with Gasteiger partial charge in [-0.25, -0.2) is 0 Å². The van der Waals surface area contributed by atoms with E-state index in [9.17, 15) is 0 Å². The predicted octanol–water partition coefficient (Wildman–Crippen LogP) is 3.59. The van der Waals surface area contributed by atoms with Crippen LogP contribution >= 0.6 is 0 Å². The normalized spacial score (nSPS) is 13.8. The fourth-order valence-electron chi connectivity index (χ4n) is 3.19. The summed E-state index contributed by atoms with van der Waals surface area (Å²) in [5.41, 5.74) is 2.86. The van der Waals surface area contributed by atoms with Gasteiger partial charge in [-0.05, 0) is 31.2 Å². The summed E-state index contributed by atoms with van der Waals surface area (Å²) in [5.74, 6) is 1.77. The number of anilines is 5. The first-order valence-corrected chi connectivity index (χ1v) is 9.71. The molecule has 2 N–H and O–H groups in total. The molecule has 1 saturated heterocycles. The van der Waals surface area contributed by atoms with Crippen molar-refractivity contribution in [3.05, 3.63) is 54.7 Å². The number of ether oxygens (including phenoxy) is 2. The van der Waals surface area contributed by atoms with Crippen molar-refractivity contribution in [1.29, 1.82) is 0 Å². The van der Waals surface area contributed by atoms with Crippen molar-refractivity contribution in [3.63, 3.8) is 0 Å². The van der Waals surface area contributed by atoms with Crippen LogP contribution in [0.2, 0.25) is 0 Å². The van der Waals surface area contributed by atoms with Gasteiger partial charge < -0.3 is 25.0 Å². The molecule has 0 saturated carbocycles. The number of aromatic nitrogens is 3. The first-order valence-electron chi connectivity index (χ1n) is 9.71. The molecule has 0 radical (unpaired) electrons. The van der Waals surface area contributed by atoms with Crippen LogP contribution in [0.15, 0.2) is 54.7 Å². The number of nitrogens with zero attached hydrogens (tertiary/aromatic N) is 4. The Hall–Kier alpha value is -3.39. The minimum Gasteiger partial charge on any atom is -0.492 e. The van der Waals surface area contributed by atoms with Crippen molar-refractivity contribution in [2.24, 2.45) is 0 Å². The second-order valence-electron chi connectivity index (χ2n) is 6.46. The van der Waals surface area contributed by atoms with Crippen molar-refractivity contribution < 1.29 is 9.47 Å². The van der Waals surface area contributed by atoms with E-state index in [1.807, 2.05) is 49.4 Å². The highest BCUT2D eigenvalue weighted by Crippen LogP contribution is 2.29. The third-order valence-corrected chi connectivity index (χ3v) is 4.51. The van der Waals surface area contributed by atoms with Gasteiger partial charge in [0, 0.05) is 13.1 Å². The van der Waals surface area contributed by atoms with E-state index in [1.165, 1.54) is 0 Å². The van der Waals surface area contributed by atoms with Crippen LogP contribution in [-0.2, 0) is 4.74 Å². The van der Waals surface area contributed by atoms with Gasteiger partial charge >= 0.3 is 0 Å². The molecule has 0 aliphatic carbocycles. The topological polar surface area (TPSA) is 84.4 Å². The number of hydrogen-bond donors (Lipinski definition) is 2. The van der Waals surface area contributed by atoms with E-state index in [2.05, 4.69) is 36.8 Å². The number of rotatable bonds is 7. The molecule has 2 heterocycles. The summed E-state index contributed by atoms with van der Waals surface area (Å²) >= 11 is 0. The molecule has 3 aromatic rings. The summed E-state index contributed by atoms with van der Waals surface area (Å²) in [5, 5.41) is 14.8. The van der Waals surface area contributed by atoms with Gasteiger partial charge in [0.15, 0.2) is 5.82 Å². The monoisotopic (exact) mass is 392 g/mol. The SMILES string of the molecule is CCOc1ccccc1Nc1cnnc(Nc2ccccc2N2CCOCC2)n1. The summed E-state index contributed by atoms with van der Waals surface area (Å²) in [7, 11) is 0. The standard InChI is InChI=1S/C21H24N6O2/c1-2-29-19-10-6-4-8-17(19)23-20-15-22-26-21(25-20)24-16-7-3-5-9-18(16)27-11-13-28-14-12-27/h3-10,15H,2,11-14H2,1H3,(H2,23,24,25,26). The Balaban J connectivity index is 1.53. The van der Waals surface area contributed by atoms with Crippen LogP contribution in [-0.4, -0.2) is 48.1 Å². The molecule has 8 nitrogen and oxygen atoms in total. The molecule has 8 heteroatoms. The lowest BCUT2D eigenvalue weighted by Gasteiger charge is -2.30. The third kappa shape index (κ3) is 4.72. The molecule has 0 unspecified atom stereocenters. The molecule has 1 aliphatic rings. The van der Waals surface area contributed by atoms with Gasteiger partial charge in [-0.1, -0.05) is 24.3 Å². The maximum atomic E-state index is 5.66. The van der Waals surface area contributed by atoms with Gasteiger partial charge in [-0.15, -0.1) is 5.10 Å². The zero-order valence-electron chi connectivity index (χ0n) is 16.3. The summed E-state index contributed by atoms with van der Waals surface area (Å²) < 4.78 is 11.1. The Labute approximate surface area is 169 Å². The average molecular weight is 392 g/mol. The summed E-state index contributed by atoms with van der Waals surface area (Å²) in [4.78, 5) is 6.85. The average Bonchev–Trinajstić information content (AvgIpc) is 2.77. The number of hydrogen-bond acceptors (Lipinski definition) is 8. The quantitative estimate of drug-likeness (QED) is 0.631. The molecule has 1 aromatic heterocycles. The first-order chi connectivity index (χ1) is 14.3. The molecule has 1 fully saturated rings. The maximum Gasteiger partial charge on any atom is 0.249 e. The second-order valence-corrected chi connectivity index (χ2v) is 6.46. The van der Waals surface area contributed by atoms with Gasteiger partial charge in [-0.2, -0.15) is 10.1 Å². The first kappa shape index (κ1) is 18.9. The minimum atomic E-state index is 0.421. The van der Waals surface area contributed by atoms with Crippen LogP contribution in [0.3, 0.4) is 0 Å². The molecule has 0 atom stereocenters. The van der Waals surface area contributed by atoms with E-state index in [4.69, 9.17) is 9.47 Å². The zero-order valence-corrected chi connectivity index (χ0v) is 16.3. The van der Waals surface area contributed by atoms with Gasteiger partial charge in [0.1, 0.15) is 5.75 Å². The fraction of sp³-hybridized carbons (Fsp3) is 0.286. The molecular weight excluding hydrogens is 368 g/mol. The largest absolute Gasteiger partial charge is 0.492 e. The summed E-state index contributed by atoms with van der Waals surface area (Å²) in [6.07, 6.45) is 1.59. The molecule has 4 rings (SSSR count). The number of benzene rings is 2. The minimum absolute atomic E-state index is 0.421. The summed E-state index contributed by atoms with van der Waals surface area (Å²) in [6.45, 7) is 5.71. The van der Waals surface area contributed by atoms with Gasteiger partial charge in [0.05, 0.1) is 43.1 Å². The highest BCUT2D eigenvalue weighted by atomic mass is 16.5. The van der Waals surface area contributed by atoms with E-state index >= 15 is 0 Å². The predicted molar refractivity (Wildman–Crippen MR) is 113 cm³/mol. The summed E-state index contributed by atoms with van der Waals surface area (Å²) in [6, 6.07) is 15.8. The number of nitrogens with one attached hydrogen (secondary N) is 2. The molecule has 0 spiro atoms. The second kappa shape index (κ2) is 9.20. The molecule has 0 amide bonds. The van der Waals surface area contributed by atoms with Gasteiger partial charge in [0.2, 0.25) is 5.95 Å². The van der Waals surface area contributed by atoms with Crippen LogP contribution in [0, 0.1) is 0 Å². The van der Waals surface area contributed by atoms with E-state index in [1.54, 1.807) is 6.20 Å². The highest BCUT2D eigenvalue weighted by Gasteiger charge is 2.15. The molecule has 0 bridgehead atoms. The molecule has 29 heavy (non-hydrogen) atoms. The Morgan fingerprint density at radius 3 is 2.59 bits per heavy atom. The lowest BCUT2D eigenvalue weighted by molar-refractivity contribution is 0.123. The zero-order chi connectivity index (χ0) is 19.9. The van der Waals surface area contributed by atoms with Crippen LogP contribution in [0.25, 0.3) is 0 Å².